The number of anilines is 1. The summed E-state index contributed by atoms with van der Waals surface area (Å²) >= 11 is 1.29. The third kappa shape index (κ3) is 3.13. The fourth-order valence-corrected chi connectivity index (χ4v) is 3.40. The van der Waals surface area contributed by atoms with Crippen molar-refractivity contribution >= 4 is 23.6 Å². The summed E-state index contributed by atoms with van der Waals surface area (Å²) in [4.78, 5) is 14.0. The molecule has 0 radical (unpaired) electrons. The molecule has 1 aliphatic rings. The quantitative estimate of drug-likeness (QED) is 0.838. The first kappa shape index (κ1) is 15.6. The zero-order valence-electron chi connectivity index (χ0n) is 12.4. The van der Waals surface area contributed by atoms with E-state index in [1.165, 1.54) is 11.8 Å². The summed E-state index contributed by atoms with van der Waals surface area (Å²) in [6, 6.07) is 2.35. The minimum absolute atomic E-state index is 0.0648. The molecule has 0 saturated heterocycles. The number of amides is 1. The summed E-state index contributed by atoms with van der Waals surface area (Å²) in [5, 5.41) is 17.8. The molecule has 21 heavy (non-hydrogen) atoms. The molecule has 0 bridgehead atoms. The van der Waals surface area contributed by atoms with Crippen LogP contribution in [-0.4, -0.2) is 43.9 Å². The lowest BCUT2D eigenvalue weighted by Gasteiger charge is -2.39. The molecule has 0 spiro atoms. The third-order valence-corrected chi connectivity index (χ3v) is 5.10. The van der Waals surface area contributed by atoms with Crippen molar-refractivity contribution in [3.05, 3.63) is 0 Å². The van der Waals surface area contributed by atoms with E-state index in [1.54, 1.807) is 23.6 Å². The van der Waals surface area contributed by atoms with Crippen LogP contribution in [0, 0.1) is 11.3 Å². The first-order valence-corrected chi connectivity index (χ1v) is 7.94. The van der Waals surface area contributed by atoms with Crippen molar-refractivity contribution in [2.45, 2.75) is 42.8 Å². The van der Waals surface area contributed by atoms with E-state index in [0.717, 1.165) is 32.1 Å². The van der Waals surface area contributed by atoms with Crippen LogP contribution in [0.2, 0.25) is 0 Å². The molecular formula is C13H20N6OS. The fourth-order valence-electron chi connectivity index (χ4n) is 2.57. The van der Waals surface area contributed by atoms with Crippen LogP contribution in [0.4, 0.5) is 5.95 Å². The highest BCUT2D eigenvalue weighted by Gasteiger charge is 2.38. The normalized spacial score (nSPS) is 17.2. The number of aromatic nitrogens is 3. The molecule has 2 rings (SSSR count). The molecule has 0 aromatic carbocycles. The smallest absolute Gasteiger partial charge is 0.234 e. The van der Waals surface area contributed by atoms with E-state index in [1.807, 2.05) is 0 Å². The van der Waals surface area contributed by atoms with E-state index in [0.29, 0.717) is 11.1 Å². The van der Waals surface area contributed by atoms with Crippen LogP contribution < -0.4 is 5.73 Å². The van der Waals surface area contributed by atoms with Crippen LogP contribution in [-0.2, 0) is 11.8 Å². The molecule has 1 heterocycles. The molecule has 1 aromatic rings. The highest BCUT2D eigenvalue weighted by atomic mass is 32.2. The van der Waals surface area contributed by atoms with Gasteiger partial charge in [0.15, 0.2) is 5.16 Å². The van der Waals surface area contributed by atoms with Crippen LogP contribution in [0.25, 0.3) is 0 Å². The molecule has 1 aliphatic carbocycles. The first-order chi connectivity index (χ1) is 10.00. The largest absolute Gasteiger partial charge is 0.368 e. The second-order valence-corrected chi connectivity index (χ2v) is 6.29. The van der Waals surface area contributed by atoms with E-state index in [2.05, 4.69) is 16.3 Å². The number of hydrogen-bond acceptors (Lipinski definition) is 6. The predicted molar refractivity (Wildman–Crippen MR) is 80.3 cm³/mol. The molecular weight excluding hydrogens is 288 g/mol. The minimum atomic E-state index is -0.644. The first-order valence-electron chi connectivity index (χ1n) is 6.96. The molecule has 1 aromatic heterocycles. The van der Waals surface area contributed by atoms with Crippen molar-refractivity contribution in [1.82, 2.24) is 19.7 Å². The number of carbonyl (C=O) groups is 1. The molecule has 8 heteroatoms. The van der Waals surface area contributed by atoms with Crippen LogP contribution in [0.5, 0.6) is 0 Å². The Balaban J connectivity index is 1.99. The van der Waals surface area contributed by atoms with Gasteiger partial charge in [0.25, 0.3) is 0 Å². The predicted octanol–water partition coefficient (Wildman–Crippen LogP) is 1.17. The maximum absolute atomic E-state index is 12.4. The average Bonchev–Trinajstić information content (AvgIpc) is 2.84. The summed E-state index contributed by atoms with van der Waals surface area (Å²) < 4.78 is 1.64. The zero-order chi connectivity index (χ0) is 15.5. The number of nitrogens with zero attached hydrogens (tertiary/aromatic N) is 5. The van der Waals surface area contributed by atoms with Gasteiger partial charge in [-0.05, 0) is 12.8 Å². The Bertz CT molecular complexity index is 557. The molecule has 1 amide bonds. The zero-order valence-corrected chi connectivity index (χ0v) is 13.2. The van der Waals surface area contributed by atoms with Gasteiger partial charge in [-0.2, -0.15) is 5.26 Å². The molecule has 114 valence electrons. The Morgan fingerprint density at radius 3 is 2.67 bits per heavy atom. The van der Waals surface area contributed by atoms with Crippen molar-refractivity contribution < 1.29 is 4.79 Å². The van der Waals surface area contributed by atoms with Crippen molar-refractivity contribution in [2.24, 2.45) is 7.05 Å². The lowest BCUT2D eigenvalue weighted by Crippen LogP contribution is -2.50. The molecule has 1 saturated carbocycles. The fraction of sp³-hybridized carbons (Fsp3) is 0.692. The Labute approximate surface area is 128 Å². The lowest BCUT2D eigenvalue weighted by atomic mass is 9.81. The van der Waals surface area contributed by atoms with Gasteiger partial charge < -0.3 is 10.6 Å². The number of rotatable bonds is 4. The summed E-state index contributed by atoms with van der Waals surface area (Å²) in [6.07, 6.45) is 4.65. The van der Waals surface area contributed by atoms with Gasteiger partial charge in [0, 0.05) is 14.1 Å². The molecule has 0 aliphatic heterocycles. The second-order valence-electron chi connectivity index (χ2n) is 5.35. The molecule has 2 N–H and O–H groups in total. The summed E-state index contributed by atoms with van der Waals surface area (Å²) in [5.74, 6) is 0.482. The van der Waals surface area contributed by atoms with Crippen molar-refractivity contribution in [1.29, 1.82) is 5.26 Å². The topological polar surface area (TPSA) is 101 Å². The van der Waals surface area contributed by atoms with Gasteiger partial charge in [-0.1, -0.05) is 31.0 Å². The third-order valence-electron chi connectivity index (χ3n) is 4.10. The maximum atomic E-state index is 12.4. The van der Waals surface area contributed by atoms with Crippen LogP contribution in [0.1, 0.15) is 32.1 Å². The minimum Gasteiger partial charge on any atom is -0.368 e. The second kappa shape index (κ2) is 6.35. The van der Waals surface area contributed by atoms with Gasteiger partial charge in [0.05, 0.1) is 11.8 Å². The average molecular weight is 308 g/mol. The number of thioether (sulfide) groups is 1. The Kier molecular flexibility index (Phi) is 4.73. The van der Waals surface area contributed by atoms with E-state index < -0.39 is 5.54 Å². The SMILES string of the molecule is CN(C(=O)CSc1nnc(N)n1C)C1(C#N)CCCCC1. The van der Waals surface area contributed by atoms with E-state index >= 15 is 0 Å². The van der Waals surface area contributed by atoms with Crippen LogP contribution >= 0.6 is 11.8 Å². The molecule has 1 fully saturated rings. The maximum Gasteiger partial charge on any atom is 0.234 e. The van der Waals surface area contributed by atoms with Crippen LogP contribution in [0.3, 0.4) is 0 Å². The summed E-state index contributed by atoms with van der Waals surface area (Å²) in [5.41, 5.74) is 4.96. The van der Waals surface area contributed by atoms with Gasteiger partial charge >= 0.3 is 0 Å². The summed E-state index contributed by atoms with van der Waals surface area (Å²) in [7, 11) is 3.48. The van der Waals surface area contributed by atoms with E-state index in [4.69, 9.17) is 5.73 Å². The number of hydrogen-bond donors (Lipinski definition) is 1. The molecule has 0 atom stereocenters. The Morgan fingerprint density at radius 1 is 1.48 bits per heavy atom. The number of nitriles is 1. The van der Waals surface area contributed by atoms with Gasteiger partial charge in [0.2, 0.25) is 11.9 Å². The number of nitrogens with two attached hydrogens (primary N) is 1. The van der Waals surface area contributed by atoms with Gasteiger partial charge in [-0.25, -0.2) is 0 Å². The van der Waals surface area contributed by atoms with Crippen molar-refractivity contribution in [3.8, 4) is 6.07 Å². The van der Waals surface area contributed by atoms with Crippen molar-refractivity contribution in [2.75, 3.05) is 18.5 Å². The Hall–Kier alpha value is -1.75. The highest BCUT2D eigenvalue weighted by Crippen LogP contribution is 2.33. The van der Waals surface area contributed by atoms with Gasteiger partial charge in [-0.3, -0.25) is 9.36 Å². The molecule has 7 nitrogen and oxygen atoms in total. The number of nitrogen functional groups attached to an aromatic ring is 1. The number of carbonyl (C=O) groups excluding carboxylic acids is 1. The highest BCUT2D eigenvalue weighted by molar-refractivity contribution is 7.99. The van der Waals surface area contributed by atoms with Gasteiger partial charge in [0.1, 0.15) is 5.54 Å². The summed E-state index contributed by atoms with van der Waals surface area (Å²) in [6.45, 7) is 0. The van der Waals surface area contributed by atoms with Crippen LogP contribution in [0.15, 0.2) is 5.16 Å². The lowest BCUT2D eigenvalue weighted by molar-refractivity contribution is -0.131. The monoisotopic (exact) mass is 308 g/mol. The standard InChI is InChI=1S/C13H20N6OS/c1-18-11(15)16-17-12(18)21-8-10(20)19(2)13(9-14)6-4-3-5-7-13/h3-8H2,1-2H3,(H2,15,16). The Morgan fingerprint density at radius 2 is 2.14 bits per heavy atom. The van der Waals surface area contributed by atoms with Crippen molar-refractivity contribution in [3.63, 3.8) is 0 Å². The molecule has 0 unspecified atom stereocenters. The van der Waals surface area contributed by atoms with E-state index in [9.17, 15) is 10.1 Å². The van der Waals surface area contributed by atoms with Gasteiger partial charge in [-0.15, -0.1) is 10.2 Å². The van der Waals surface area contributed by atoms with E-state index in [-0.39, 0.29) is 11.7 Å².